The molecule has 5 rings (SSSR count). The third-order valence-electron chi connectivity index (χ3n) is 6.83. The number of aromatic nitrogens is 5. The highest BCUT2D eigenvalue weighted by Gasteiger charge is 2.23. The number of aryl methyl sites for hydroxylation is 5. The standard InChI is InChI=1S/C29H33N5O4S2/c1-7-38-16-23-13-22(8-9-24(23)25-12-20(5)39-29(25)40(35,36)37)14-34-27-11-17(2)30-21(6)28(27)26(32-34)15-33-19(4)10-18(3)31-33/h8-13H,7,14-16H2,1-6H3,(H,35,36,37). The van der Waals surface area contributed by atoms with Crippen molar-refractivity contribution in [2.24, 2.45) is 0 Å². The molecular weight excluding hydrogens is 546 g/mol. The van der Waals surface area contributed by atoms with Crippen molar-refractivity contribution in [1.82, 2.24) is 24.5 Å². The fourth-order valence-electron chi connectivity index (χ4n) is 5.21. The van der Waals surface area contributed by atoms with Gasteiger partial charge >= 0.3 is 10.1 Å². The first kappa shape index (κ1) is 28.2. The minimum atomic E-state index is -4.36. The molecule has 210 valence electrons. The minimum absolute atomic E-state index is 0.0548. The zero-order valence-corrected chi connectivity index (χ0v) is 25.2. The highest BCUT2D eigenvalue weighted by molar-refractivity contribution is 7.88. The van der Waals surface area contributed by atoms with Crippen LogP contribution in [-0.2, 0) is 34.6 Å². The Morgan fingerprint density at radius 3 is 2.38 bits per heavy atom. The third-order valence-corrected chi connectivity index (χ3v) is 9.24. The molecule has 0 atom stereocenters. The van der Waals surface area contributed by atoms with E-state index in [1.54, 1.807) is 6.07 Å². The van der Waals surface area contributed by atoms with Crippen LogP contribution in [-0.4, -0.2) is 44.1 Å². The molecule has 9 nitrogen and oxygen atoms in total. The number of pyridine rings is 1. The van der Waals surface area contributed by atoms with E-state index in [4.69, 9.17) is 14.8 Å². The predicted molar refractivity (Wildman–Crippen MR) is 157 cm³/mol. The molecule has 1 aromatic carbocycles. The summed E-state index contributed by atoms with van der Waals surface area (Å²) in [5.74, 6) is 0. The maximum atomic E-state index is 12.1. The molecule has 0 bridgehead atoms. The fourth-order valence-corrected chi connectivity index (χ4v) is 7.22. The molecule has 1 N–H and O–H groups in total. The van der Waals surface area contributed by atoms with Crippen LogP contribution >= 0.6 is 11.3 Å². The first-order valence-corrected chi connectivity index (χ1v) is 15.3. The molecule has 4 heterocycles. The number of hydrogen-bond acceptors (Lipinski definition) is 7. The van der Waals surface area contributed by atoms with Crippen LogP contribution in [0.1, 0.15) is 51.4 Å². The van der Waals surface area contributed by atoms with Gasteiger partial charge in [0.15, 0.2) is 4.21 Å². The molecule has 0 aliphatic carbocycles. The summed E-state index contributed by atoms with van der Waals surface area (Å²) in [6, 6.07) is 11.8. The van der Waals surface area contributed by atoms with Gasteiger partial charge in [-0.3, -0.25) is 18.9 Å². The van der Waals surface area contributed by atoms with E-state index in [1.165, 1.54) is 0 Å². The van der Waals surface area contributed by atoms with Crippen LogP contribution in [0.5, 0.6) is 0 Å². The van der Waals surface area contributed by atoms with Crippen molar-refractivity contribution < 1.29 is 17.7 Å². The average Bonchev–Trinajstić information content (AvgIpc) is 3.52. The van der Waals surface area contributed by atoms with Gasteiger partial charge in [-0.2, -0.15) is 18.6 Å². The maximum Gasteiger partial charge on any atom is 0.304 e. The Morgan fingerprint density at radius 2 is 1.70 bits per heavy atom. The normalized spacial score (nSPS) is 12.1. The minimum Gasteiger partial charge on any atom is -0.377 e. The molecule has 0 aliphatic rings. The Hall–Kier alpha value is -3.38. The average molecular weight is 580 g/mol. The fraction of sp³-hybridized carbons (Fsp3) is 0.345. The van der Waals surface area contributed by atoms with Crippen molar-refractivity contribution in [3.63, 3.8) is 0 Å². The molecule has 5 aromatic rings. The molecule has 40 heavy (non-hydrogen) atoms. The molecule has 4 aromatic heterocycles. The molecule has 0 radical (unpaired) electrons. The molecule has 0 spiro atoms. The Bertz CT molecular complexity index is 1830. The zero-order chi connectivity index (χ0) is 28.8. The van der Waals surface area contributed by atoms with Crippen LogP contribution in [0.25, 0.3) is 22.0 Å². The first-order chi connectivity index (χ1) is 18.9. The smallest absolute Gasteiger partial charge is 0.304 e. The van der Waals surface area contributed by atoms with Gasteiger partial charge in [-0.15, -0.1) is 11.3 Å². The molecule has 11 heteroatoms. The largest absolute Gasteiger partial charge is 0.377 e. The van der Waals surface area contributed by atoms with Crippen LogP contribution in [0, 0.1) is 34.6 Å². The van der Waals surface area contributed by atoms with Crippen LogP contribution in [0.2, 0.25) is 0 Å². The van der Waals surface area contributed by atoms with Gasteiger partial charge < -0.3 is 4.74 Å². The van der Waals surface area contributed by atoms with Crippen molar-refractivity contribution in [1.29, 1.82) is 0 Å². The second-order valence-corrected chi connectivity index (χ2v) is 13.0. The Labute approximate surface area is 238 Å². The van der Waals surface area contributed by atoms with Crippen LogP contribution in [0.3, 0.4) is 0 Å². The summed E-state index contributed by atoms with van der Waals surface area (Å²) in [5.41, 5.74) is 8.83. The van der Waals surface area contributed by atoms with E-state index in [1.807, 2.05) is 69.1 Å². The summed E-state index contributed by atoms with van der Waals surface area (Å²) in [4.78, 5) is 5.50. The lowest BCUT2D eigenvalue weighted by molar-refractivity contribution is 0.134. The number of thiophene rings is 1. The van der Waals surface area contributed by atoms with Crippen molar-refractivity contribution in [2.75, 3.05) is 6.61 Å². The first-order valence-electron chi connectivity index (χ1n) is 13.1. The maximum absolute atomic E-state index is 12.1. The van der Waals surface area contributed by atoms with Crippen molar-refractivity contribution in [3.8, 4) is 11.1 Å². The van der Waals surface area contributed by atoms with E-state index >= 15 is 0 Å². The lowest BCUT2D eigenvalue weighted by Crippen LogP contribution is -2.07. The molecule has 0 fully saturated rings. The van der Waals surface area contributed by atoms with E-state index in [-0.39, 0.29) is 4.21 Å². The van der Waals surface area contributed by atoms with Crippen molar-refractivity contribution in [3.05, 3.63) is 80.9 Å². The molecule has 0 aliphatic heterocycles. The predicted octanol–water partition coefficient (Wildman–Crippen LogP) is 5.78. The number of fused-ring (bicyclic) bond motifs is 1. The number of ether oxygens (including phenoxy) is 1. The van der Waals surface area contributed by atoms with Gasteiger partial charge in [0.25, 0.3) is 0 Å². The van der Waals surface area contributed by atoms with Gasteiger partial charge in [-0.25, -0.2) is 0 Å². The SMILES string of the molecule is CCOCc1cc(Cn2nc(Cn3nc(C)cc3C)c3c(C)nc(C)cc32)ccc1-c1cc(C)sc1S(=O)(=O)O. The zero-order valence-electron chi connectivity index (χ0n) is 23.5. The molecule has 0 amide bonds. The summed E-state index contributed by atoms with van der Waals surface area (Å²) in [7, 11) is -4.36. The van der Waals surface area contributed by atoms with E-state index in [0.717, 1.165) is 72.3 Å². The Balaban J connectivity index is 1.58. The Morgan fingerprint density at radius 1 is 0.925 bits per heavy atom. The second-order valence-electron chi connectivity index (χ2n) is 10.1. The summed E-state index contributed by atoms with van der Waals surface area (Å²) >= 11 is 1.06. The van der Waals surface area contributed by atoms with E-state index in [0.29, 0.717) is 31.9 Å². The van der Waals surface area contributed by atoms with Crippen molar-refractivity contribution in [2.45, 2.75) is 65.4 Å². The van der Waals surface area contributed by atoms with Gasteiger partial charge in [-0.05, 0) is 76.4 Å². The summed E-state index contributed by atoms with van der Waals surface area (Å²) in [6.45, 7) is 13.6. The third kappa shape index (κ3) is 5.60. The van der Waals surface area contributed by atoms with Crippen LogP contribution in [0.15, 0.2) is 40.6 Å². The number of hydrogen-bond donors (Lipinski definition) is 1. The van der Waals surface area contributed by atoms with E-state index < -0.39 is 10.1 Å². The molecule has 0 saturated carbocycles. The van der Waals surface area contributed by atoms with Gasteiger partial charge in [-0.1, -0.05) is 18.2 Å². The van der Waals surface area contributed by atoms with Gasteiger partial charge in [0.05, 0.1) is 36.6 Å². The number of rotatable bonds is 9. The number of benzene rings is 1. The monoisotopic (exact) mass is 579 g/mol. The highest BCUT2D eigenvalue weighted by atomic mass is 32.3. The quantitative estimate of drug-likeness (QED) is 0.220. The molecule has 0 unspecified atom stereocenters. The van der Waals surface area contributed by atoms with Crippen molar-refractivity contribution >= 4 is 32.4 Å². The van der Waals surface area contributed by atoms with Gasteiger partial charge in [0, 0.05) is 39.5 Å². The topological polar surface area (TPSA) is 112 Å². The molecular formula is C29H33N5O4S2. The Kier molecular flexibility index (Phi) is 7.66. The van der Waals surface area contributed by atoms with E-state index in [9.17, 15) is 13.0 Å². The molecule has 0 saturated heterocycles. The lowest BCUT2D eigenvalue weighted by Gasteiger charge is -2.13. The van der Waals surface area contributed by atoms with Crippen LogP contribution < -0.4 is 0 Å². The second kappa shape index (κ2) is 10.9. The summed E-state index contributed by atoms with van der Waals surface area (Å²) in [5, 5.41) is 10.7. The highest BCUT2D eigenvalue weighted by Crippen LogP contribution is 2.37. The summed E-state index contributed by atoms with van der Waals surface area (Å²) < 4.78 is 43.8. The summed E-state index contributed by atoms with van der Waals surface area (Å²) in [6.07, 6.45) is 0. The van der Waals surface area contributed by atoms with Gasteiger partial charge in [0.2, 0.25) is 0 Å². The van der Waals surface area contributed by atoms with Gasteiger partial charge in [0.1, 0.15) is 0 Å². The van der Waals surface area contributed by atoms with Crippen LogP contribution in [0.4, 0.5) is 0 Å². The number of nitrogens with zero attached hydrogens (tertiary/aromatic N) is 5. The van der Waals surface area contributed by atoms with E-state index in [2.05, 4.69) is 17.2 Å². The lowest BCUT2D eigenvalue weighted by atomic mass is 9.99.